The Morgan fingerprint density at radius 1 is 1.08 bits per heavy atom. The Labute approximate surface area is 147 Å². The topological polar surface area (TPSA) is 56.1 Å². The zero-order chi connectivity index (χ0) is 18.0. The van der Waals surface area contributed by atoms with Gasteiger partial charge in [-0.15, -0.1) is 0 Å². The summed E-state index contributed by atoms with van der Waals surface area (Å²) >= 11 is 0. The van der Waals surface area contributed by atoms with Crippen LogP contribution < -0.4 is 10.1 Å². The number of nitrogens with zero attached hydrogens (tertiary/aromatic N) is 2. The zero-order valence-corrected chi connectivity index (χ0v) is 14.8. The van der Waals surface area contributed by atoms with E-state index < -0.39 is 0 Å². The number of amides is 1. The first-order valence-corrected chi connectivity index (χ1v) is 8.09. The van der Waals surface area contributed by atoms with Crippen LogP contribution in [-0.2, 0) is 0 Å². The van der Waals surface area contributed by atoms with Gasteiger partial charge in [-0.3, -0.25) is 4.79 Å². The van der Waals surface area contributed by atoms with Gasteiger partial charge < -0.3 is 10.1 Å². The highest BCUT2D eigenvalue weighted by Crippen LogP contribution is 2.24. The van der Waals surface area contributed by atoms with Gasteiger partial charge in [0.15, 0.2) is 0 Å². The molecule has 0 atom stereocenters. The van der Waals surface area contributed by atoms with Gasteiger partial charge in [-0.1, -0.05) is 24.3 Å². The van der Waals surface area contributed by atoms with Gasteiger partial charge >= 0.3 is 0 Å². The molecule has 0 aliphatic carbocycles. The Morgan fingerprint density at radius 2 is 1.80 bits per heavy atom. The highest BCUT2D eigenvalue weighted by molar-refractivity contribution is 6.05. The van der Waals surface area contributed by atoms with Crippen LogP contribution in [0.5, 0.6) is 5.75 Å². The van der Waals surface area contributed by atoms with E-state index in [1.165, 1.54) is 0 Å². The number of ether oxygens (including phenoxy) is 1. The molecule has 0 bridgehead atoms. The number of nitrogens with one attached hydrogen (secondary N) is 1. The molecule has 0 unspecified atom stereocenters. The van der Waals surface area contributed by atoms with Gasteiger partial charge in [0.05, 0.1) is 29.9 Å². The summed E-state index contributed by atoms with van der Waals surface area (Å²) in [5.74, 6) is 0.512. The van der Waals surface area contributed by atoms with Crippen molar-refractivity contribution in [2.24, 2.45) is 0 Å². The number of anilines is 1. The number of hydrogen-bond acceptors (Lipinski definition) is 3. The lowest BCUT2D eigenvalue weighted by molar-refractivity contribution is 0.102. The van der Waals surface area contributed by atoms with Gasteiger partial charge in [-0.05, 0) is 50.6 Å². The molecule has 0 saturated heterocycles. The van der Waals surface area contributed by atoms with Gasteiger partial charge in [0.25, 0.3) is 5.91 Å². The van der Waals surface area contributed by atoms with Crippen LogP contribution in [0.25, 0.3) is 5.69 Å². The number of rotatable bonds is 4. The fraction of sp³-hybridized carbons (Fsp3) is 0.200. The minimum atomic E-state index is -0.183. The monoisotopic (exact) mass is 335 g/mol. The van der Waals surface area contributed by atoms with Crippen LogP contribution >= 0.6 is 0 Å². The maximum absolute atomic E-state index is 12.6. The van der Waals surface area contributed by atoms with Crippen molar-refractivity contribution in [3.05, 3.63) is 71.0 Å². The van der Waals surface area contributed by atoms with Crippen molar-refractivity contribution in [1.82, 2.24) is 9.78 Å². The van der Waals surface area contributed by atoms with Crippen molar-refractivity contribution in [2.45, 2.75) is 20.8 Å². The van der Waals surface area contributed by atoms with E-state index in [0.29, 0.717) is 11.3 Å². The largest absolute Gasteiger partial charge is 0.496 e. The summed E-state index contributed by atoms with van der Waals surface area (Å²) in [4.78, 5) is 12.6. The van der Waals surface area contributed by atoms with Gasteiger partial charge in [0.1, 0.15) is 5.75 Å². The van der Waals surface area contributed by atoms with Gasteiger partial charge in [-0.25, -0.2) is 4.68 Å². The lowest BCUT2D eigenvalue weighted by Gasteiger charge is -2.09. The highest BCUT2D eigenvalue weighted by Gasteiger charge is 2.16. The third kappa shape index (κ3) is 3.26. The Bertz CT molecular complexity index is 914. The quantitative estimate of drug-likeness (QED) is 0.782. The molecule has 0 spiro atoms. The van der Waals surface area contributed by atoms with Crippen LogP contribution in [-0.4, -0.2) is 22.8 Å². The maximum Gasteiger partial charge on any atom is 0.255 e. The second-order valence-corrected chi connectivity index (χ2v) is 5.93. The summed E-state index contributed by atoms with van der Waals surface area (Å²) in [6.45, 7) is 5.77. The lowest BCUT2D eigenvalue weighted by Crippen LogP contribution is -2.13. The van der Waals surface area contributed by atoms with E-state index in [-0.39, 0.29) is 5.91 Å². The third-order valence-corrected chi connectivity index (χ3v) is 4.20. The number of para-hydroxylation sites is 1. The molecule has 1 amide bonds. The highest BCUT2D eigenvalue weighted by atomic mass is 16.5. The number of hydrogen-bond donors (Lipinski definition) is 1. The molecule has 0 aliphatic rings. The van der Waals surface area contributed by atoms with Gasteiger partial charge in [-0.2, -0.15) is 5.10 Å². The molecule has 0 aliphatic heterocycles. The van der Waals surface area contributed by atoms with Crippen molar-refractivity contribution in [3.8, 4) is 11.4 Å². The minimum Gasteiger partial charge on any atom is -0.496 e. The molecule has 25 heavy (non-hydrogen) atoms. The van der Waals surface area contributed by atoms with Crippen LogP contribution in [0.2, 0.25) is 0 Å². The maximum atomic E-state index is 12.6. The summed E-state index contributed by atoms with van der Waals surface area (Å²) in [6, 6.07) is 15.3. The number of aromatic nitrogens is 2. The number of carbonyl (C=O) groups excluding carboxylic acids is 1. The molecular formula is C20H21N3O2. The fourth-order valence-corrected chi connectivity index (χ4v) is 2.79. The standard InChI is InChI=1S/C20H21N3O2/c1-13-10-11-16(12-18(13)25-4)20(24)21-19-14(2)22-23(15(19)3)17-8-6-5-7-9-17/h5-12H,1-4H3,(H,21,24). The van der Waals surface area contributed by atoms with E-state index in [1.807, 2.05) is 61.9 Å². The van der Waals surface area contributed by atoms with E-state index in [1.54, 1.807) is 19.2 Å². The molecular weight excluding hydrogens is 314 g/mol. The van der Waals surface area contributed by atoms with Gasteiger partial charge in [0, 0.05) is 5.56 Å². The summed E-state index contributed by atoms with van der Waals surface area (Å²) in [6.07, 6.45) is 0. The number of benzene rings is 2. The second kappa shape index (κ2) is 6.81. The molecule has 1 aromatic heterocycles. The van der Waals surface area contributed by atoms with E-state index in [0.717, 1.165) is 28.3 Å². The first-order chi connectivity index (χ1) is 12.0. The molecule has 0 saturated carbocycles. The SMILES string of the molecule is COc1cc(C(=O)Nc2c(C)nn(-c3ccccc3)c2C)ccc1C. The summed E-state index contributed by atoms with van der Waals surface area (Å²) < 4.78 is 7.13. The summed E-state index contributed by atoms with van der Waals surface area (Å²) in [7, 11) is 1.60. The molecule has 5 heteroatoms. The van der Waals surface area contributed by atoms with Crippen LogP contribution in [0.4, 0.5) is 5.69 Å². The molecule has 5 nitrogen and oxygen atoms in total. The van der Waals surface area contributed by atoms with E-state index in [2.05, 4.69) is 10.4 Å². The van der Waals surface area contributed by atoms with Crippen LogP contribution in [0.1, 0.15) is 27.3 Å². The lowest BCUT2D eigenvalue weighted by atomic mass is 10.1. The van der Waals surface area contributed by atoms with Crippen molar-refractivity contribution >= 4 is 11.6 Å². The van der Waals surface area contributed by atoms with E-state index in [9.17, 15) is 4.79 Å². The van der Waals surface area contributed by atoms with Crippen LogP contribution in [0.3, 0.4) is 0 Å². The average Bonchev–Trinajstić information content (AvgIpc) is 2.91. The number of methoxy groups -OCH3 is 1. The normalized spacial score (nSPS) is 10.6. The second-order valence-electron chi connectivity index (χ2n) is 5.93. The molecule has 1 heterocycles. The zero-order valence-electron chi connectivity index (χ0n) is 14.8. The molecule has 3 rings (SSSR count). The van der Waals surface area contributed by atoms with E-state index in [4.69, 9.17) is 4.74 Å². The molecule has 0 radical (unpaired) electrons. The number of aryl methyl sites for hydroxylation is 2. The summed E-state index contributed by atoms with van der Waals surface area (Å²) in [5.41, 5.74) is 4.89. The predicted octanol–water partition coefficient (Wildman–Crippen LogP) is 4.06. The predicted molar refractivity (Wildman–Crippen MR) is 98.7 cm³/mol. The average molecular weight is 335 g/mol. The molecule has 128 valence electrons. The van der Waals surface area contributed by atoms with Crippen LogP contribution in [0.15, 0.2) is 48.5 Å². The smallest absolute Gasteiger partial charge is 0.255 e. The Balaban J connectivity index is 1.91. The number of carbonyl (C=O) groups is 1. The molecule has 1 N–H and O–H groups in total. The van der Waals surface area contributed by atoms with E-state index >= 15 is 0 Å². The van der Waals surface area contributed by atoms with Gasteiger partial charge in [0.2, 0.25) is 0 Å². The fourth-order valence-electron chi connectivity index (χ4n) is 2.79. The molecule has 0 fully saturated rings. The van der Waals surface area contributed by atoms with Crippen molar-refractivity contribution in [1.29, 1.82) is 0 Å². The van der Waals surface area contributed by atoms with Crippen molar-refractivity contribution < 1.29 is 9.53 Å². The Hall–Kier alpha value is -3.08. The molecule has 3 aromatic rings. The Kier molecular flexibility index (Phi) is 4.57. The van der Waals surface area contributed by atoms with Crippen molar-refractivity contribution in [3.63, 3.8) is 0 Å². The van der Waals surface area contributed by atoms with Crippen molar-refractivity contribution in [2.75, 3.05) is 12.4 Å². The minimum absolute atomic E-state index is 0.183. The first-order valence-electron chi connectivity index (χ1n) is 8.09. The summed E-state index contributed by atoms with van der Waals surface area (Å²) in [5, 5.41) is 7.53. The third-order valence-electron chi connectivity index (χ3n) is 4.20. The Morgan fingerprint density at radius 3 is 2.48 bits per heavy atom. The molecule has 2 aromatic carbocycles. The van der Waals surface area contributed by atoms with Crippen LogP contribution in [0, 0.1) is 20.8 Å². The first kappa shape index (κ1) is 16.8.